The van der Waals surface area contributed by atoms with Crippen LogP contribution in [0.5, 0.6) is 0 Å². The third-order valence-electron chi connectivity index (χ3n) is 4.92. The lowest BCUT2D eigenvalue weighted by Gasteiger charge is -2.20. The molecular weight excluding hydrogens is 500 g/mol. The van der Waals surface area contributed by atoms with Gasteiger partial charge in [-0.25, -0.2) is 4.79 Å². The number of rotatable bonds is 14. The Morgan fingerprint density at radius 2 is 1.54 bits per heavy atom. The molecule has 0 saturated heterocycles. The van der Waals surface area contributed by atoms with Gasteiger partial charge in [0, 0.05) is 17.9 Å². The van der Waals surface area contributed by atoms with Crippen LogP contribution in [0.2, 0.25) is 0 Å². The molecule has 11 nitrogen and oxygen atoms in total. The third kappa shape index (κ3) is 12.1. The molecule has 0 spiro atoms. The van der Waals surface area contributed by atoms with Crippen LogP contribution in [0.1, 0.15) is 24.0 Å². The van der Waals surface area contributed by atoms with E-state index in [0.717, 1.165) is 11.1 Å². The van der Waals surface area contributed by atoms with Gasteiger partial charge in [0.2, 0.25) is 17.7 Å². The van der Waals surface area contributed by atoms with Crippen LogP contribution in [-0.2, 0) is 36.3 Å². The van der Waals surface area contributed by atoms with Crippen LogP contribution in [0.4, 0.5) is 4.79 Å². The number of hydrogen-bond donors (Lipinski definition) is 5. The van der Waals surface area contributed by atoms with Gasteiger partial charge in [0.15, 0.2) is 0 Å². The van der Waals surface area contributed by atoms with E-state index in [2.05, 4.69) is 16.0 Å². The molecule has 0 aliphatic heterocycles. The van der Waals surface area contributed by atoms with E-state index in [9.17, 15) is 24.0 Å². The Morgan fingerprint density at radius 3 is 2.16 bits per heavy atom. The number of benzene rings is 2. The number of carboxylic acids is 1. The lowest BCUT2D eigenvalue weighted by atomic mass is 10.1. The molecule has 0 fully saturated rings. The number of amides is 4. The highest BCUT2D eigenvalue weighted by Gasteiger charge is 2.25. The second-order valence-electron chi connectivity index (χ2n) is 7.93. The number of hydrogen-bond acceptors (Lipinski definition) is 8. The molecule has 0 bridgehead atoms. The maximum absolute atomic E-state index is 12.6. The number of nitrogens with one attached hydrogen (secondary N) is 3. The summed E-state index contributed by atoms with van der Waals surface area (Å²) in [7, 11) is 0. The monoisotopic (exact) mass is 530 g/mol. The molecule has 2 aromatic carbocycles. The van der Waals surface area contributed by atoms with Crippen molar-refractivity contribution in [3.63, 3.8) is 0 Å². The second-order valence-corrected chi connectivity index (χ2v) is 8.96. The summed E-state index contributed by atoms with van der Waals surface area (Å²) in [6, 6.07) is 16.2. The predicted octanol–water partition coefficient (Wildman–Crippen LogP) is 1.17. The molecule has 0 heterocycles. The average molecular weight is 531 g/mol. The van der Waals surface area contributed by atoms with Gasteiger partial charge in [-0.2, -0.15) is 11.8 Å². The number of ether oxygens (including phenoxy) is 1. The molecule has 2 rings (SSSR count). The van der Waals surface area contributed by atoms with Crippen molar-refractivity contribution >= 4 is 41.5 Å². The first-order valence-electron chi connectivity index (χ1n) is 11.4. The van der Waals surface area contributed by atoms with Crippen LogP contribution in [0.25, 0.3) is 0 Å². The first-order valence-corrected chi connectivity index (χ1v) is 12.6. The van der Waals surface area contributed by atoms with Gasteiger partial charge >= 0.3 is 12.1 Å². The van der Waals surface area contributed by atoms with Crippen molar-refractivity contribution in [1.29, 1.82) is 0 Å². The molecule has 0 saturated carbocycles. The predicted molar refractivity (Wildman–Crippen MR) is 137 cm³/mol. The SMILES string of the molecule is N[C@@H](CCC(=O)NC(=O)OCc1ccccc1)C(=O)N[C@@H](CSCc1ccccc1)C(=O)NCC(=O)O. The Bertz CT molecular complexity index is 1050. The number of carbonyl (C=O) groups excluding carboxylic acids is 4. The topological polar surface area (TPSA) is 177 Å². The molecule has 0 aromatic heterocycles. The first kappa shape index (κ1) is 29.3. The van der Waals surface area contributed by atoms with E-state index >= 15 is 0 Å². The number of alkyl carbamates (subject to hydrolysis) is 1. The van der Waals surface area contributed by atoms with E-state index in [0.29, 0.717) is 5.75 Å². The summed E-state index contributed by atoms with van der Waals surface area (Å²) in [5.41, 5.74) is 7.66. The Hall–Kier alpha value is -3.90. The Balaban J connectivity index is 1.79. The van der Waals surface area contributed by atoms with Gasteiger partial charge in [-0.05, 0) is 17.5 Å². The number of carboxylic acid groups (broad SMARTS) is 1. The summed E-state index contributed by atoms with van der Waals surface area (Å²) in [5, 5.41) is 15.6. The van der Waals surface area contributed by atoms with Crippen LogP contribution in [0, 0.1) is 0 Å². The largest absolute Gasteiger partial charge is 0.480 e. The van der Waals surface area contributed by atoms with E-state index in [-0.39, 0.29) is 25.2 Å². The highest BCUT2D eigenvalue weighted by molar-refractivity contribution is 7.98. The van der Waals surface area contributed by atoms with Crippen LogP contribution in [0.3, 0.4) is 0 Å². The molecule has 2 aromatic rings. The average Bonchev–Trinajstić information content (AvgIpc) is 2.89. The highest BCUT2D eigenvalue weighted by atomic mass is 32.2. The zero-order chi connectivity index (χ0) is 27.0. The minimum absolute atomic E-state index is 0.00448. The van der Waals surface area contributed by atoms with E-state index in [1.807, 2.05) is 36.4 Å². The molecule has 198 valence electrons. The minimum Gasteiger partial charge on any atom is -0.480 e. The molecule has 0 aliphatic rings. The van der Waals surface area contributed by atoms with Crippen molar-refractivity contribution in [2.24, 2.45) is 5.73 Å². The highest BCUT2D eigenvalue weighted by Crippen LogP contribution is 2.13. The molecule has 37 heavy (non-hydrogen) atoms. The summed E-state index contributed by atoms with van der Waals surface area (Å²) in [5.74, 6) is -2.49. The van der Waals surface area contributed by atoms with Crippen molar-refractivity contribution in [2.75, 3.05) is 12.3 Å². The maximum Gasteiger partial charge on any atom is 0.414 e. The van der Waals surface area contributed by atoms with Crippen molar-refractivity contribution in [2.45, 2.75) is 37.3 Å². The lowest BCUT2D eigenvalue weighted by molar-refractivity contribution is -0.138. The van der Waals surface area contributed by atoms with Crippen LogP contribution in [0.15, 0.2) is 60.7 Å². The van der Waals surface area contributed by atoms with Crippen LogP contribution < -0.4 is 21.7 Å². The molecule has 6 N–H and O–H groups in total. The van der Waals surface area contributed by atoms with Gasteiger partial charge in [0.05, 0.1) is 6.04 Å². The number of nitrogens with two attached hydrogens (primary N) is 1. The zero-order valence-corrected chi connectivity index (χ0v) is 20.9. The fourth-order valence-electron chi connectivity index (χ4n) is 2.97. The number of carbonyl (C=O) groups is 5. The van der Waals surface area contributed by atoms with Gasteiger partial charge in [-0.1, -0.05) is 60.7 Å². The first-order chi connectivity index (χ1) is 17.7. The van der Waals surface area contributed by atoms with Crippen LogP contribution in [-0.4, -0.2) is 59.3 Å². The molecule has 12 heteroatoms. The van der Waals surface area contributed by atoms with Crippen molar-refractivity contribution in [3.8, 4) is 0 Å². The second kappa shape index (κ2) is 16.0. The van der Waals surface area contributed by atoms with Gasteiger partial charge in [-0.3, -0.25) is 24.5 Å². The molecule has 2 atom stereocenters. The quantitative estimate of drug-likeness (QED) is 0.240. The lowest BCUT2D eigenvalue weighted by Crippen LogP contribution is -2.53. The summed E-state index contributed by atoms with van der Waals surface area (Å²) < 4.78 is 4.97. The Morgan fingerprint density at radius 1 is 0.919 bits per heavy atom. The van der Waals surface area contributed by atoms with Gasteiger partial charge in [0.25, 0.3) is 0 Å². The van der Waals surface area contributed by atoms with Crippen LogP contribution >= 0.6 is 11.8 Å². The van der Waals surface area contributed by atoms with Crippen molar-refractivity contribution in [1.82, 2.24) is 16.0 Å². The summed E-state index contributed by atoms with van der Waals surface area (Å²) >= 11 is 1.38. The van der Waals surface area contributed by atoms with E-state index < -0.39 is 48.4 Å². The van der Waals surface area contributed by atoms with E-state index in [1.165, 1.54) is 11.8 Å². The minimum atomic E-state index is -1.22. The van der Waals surface area contributed by atoms with Gasteiger partial charge < -0.3 is 26.2 Å². The molecule has 0 unspecified atom stereocenters. The van der Waals surface area contributed by atoms with E-state index in [1.54, 1.807) is 24.3 Å². The molecule has 0 aliphatic carbocycles. The Kier molecular flexibility index (Phi) is 12.7. The summed E-state index contributed by atoms with van der Waals surface area (Å²) in [4.78, 5) is 59.6. The summed E-state index contributed by atoms with van der Waals surface area (Å²) in [6.07, 6.45) is -1.24. The third-order valence-corrected chi connectivity index (χ3v) is 6.02. The van der Waals surface area contributed by atoms with Crippen molar-refractivity contribution < 1.29 is 33.8 Å². The molecule has 0 radical (unpaired) electrons. The molecule has 4 amide bonds. The van der Waals surface area contributed by atoms with E-state index in [4.69, 9.17) is 15.6 Å². The van der Waals surface area contributed by atoms with Gasteiger partial charge in [-0.15, -0.1) is 0 Å². The number of aliphatic carboxylic acids is 1. The number of thioether (sulfide) groups is 1. The smallest absolute Gasteiger partial charge is 0.414 e. The molecular formula is C25H30N4O7S. The summed E-state index contributed by atoms with van der Waals surface area (Å²) in [6.45, 7) is -0.601. The standard InChI is InChI=1S/C25H30N4O7S/c26-19(11-12-21(30)29-25(35)36-14-17-7-3-1-4-8-17)23(33)28-20(24(34)27-13-22(31)32)16-37-15-18-9-5-2-6-10-18/h1-10,19-20H,11-16,26H2,(H,27,34)(H,28,33)(H,31,32)(H,29,30,35)/t19-,20-/m0/s1. The van der Waals surface area contributed by atoms with Crippen molar-refractivity contribution in [3.05, 3.63) is 71.8 Å². The fourth-order valence-corrected chi connectivity index (χ4v) is 3.99. The normalized spacial score (nSPS) is 12.0. The fraction of sp³-hybridized carbons (Fsp3) is 0.320. The number of imide groups is 1. The van der Waals surface area contributed by atoms with Gasteiger partial charge in [0.1, 0.15) is 19.2 Å². The Labute approximate surface area is 218 Å². The zero-order valence-electron chi connectivity index (χ0n) is 20.1. The maximum atomic E-state index is 12.6.